The lowest BCUT2D eigenvalue weighted by atomic mass is 10.2. The van der Waals surface area contributed by atoms with Crippen molar-refractivity contribution in [2.75, 3.05) is 23.3 Å². The van der Waals surface area contributed by atoms with Crippen molar-refractivity contribution in [1.29, 1.82) is 0 Å². The molecule has 31 heavy (non-hydrogen) atoms. The highest BCUT2D eigenvalue weighted by Gasteiger charge is 2.21. The Morgan fingerprint density at radius 3 is 2.29 bits per heavy atom. The Hall–Kier alpha value is -2.74. The number of rotatable bonds is 7. The third kappa shape index (κ3) is 5.50. The first-order valence-electron chi connectivity index (χ1n) is 9.21. The maximum atomic E-state index is 12.8. The van der Waals surface area contributed by atoms with Gasteiger partial charge < -0.3 is 10.1 Å². The van der Waals surface area contributed by atoms with E-state index < -0.39 is 15.9 Å². The fourth-order valence-electron chi connectivity index (χ4n) is 2.69. The van der Waals surface area contributed by atoms with Gasteiger partial charge in [-0.05, 0) is 55.5 Å². The molecule has 162 valence electrons. The number of nitrogens with zero attached hydrogens (tertiary/aromatic N) is 1. The Bertz CT molecular complexity index is 1180. The molecule has 1 N–H and O–H groups in total. The second kappa shape index (κ2) is 9.60. The quantitative estimate of drug-likeness (QED) is 0.509. The molecule has 0 aliphatic rings. The normalized spacial score (nSPS) is 11.1. The second-order valence-corrected chi connectivity index (χ2v) is 9.47. The zero-order valence-electron chi connectivity index (χ0n) is 16.8. The van der Waals surface area contributed by atoms with E-state index in [0.717, 1.165) is 5.56 Å². The molecule has 0 unspecified atom stereocenters. The van der Waals surface area contributed by atoms with E-state index >= 15 is 0 Å². The fourth-order valence-corrected chi connectivity index (χ4v) is 4.24. The molecule has 6 nitrogen and oxygen atoms in total. The minimum Gasteiger partial charge on any atom is -0.484 e. The number of nitrogens with one attached hydrogen (secondary N) is 1. The van der Waals surface area contributed by atoms with E-state index in [2.05, 4.69) is 5.32 Å². The van der Waals surface area contributed by atoms with Crippen LogP contribution in [0, 0.1) is 6.92 Å². The van der Waals surface area contributed by atoms with Crippen LogP contribution in [-0.4, -0.2) is 28.0 Å². The first kappa shape index (κ1) is 22.9. The summed E-state index contributed by atoms with van der Waals surface area (Å²) < 4.78 is 32.2. The Kier molecular flexibility index (Phi) is 7.10. The number of sulfonamides is 1. The molecule has 0 saturated heterocycles. The van der Waals surface area contributed by atoms with Crippen molar-refractivity contribution in [3.8, 4) is 5.75 Å². The molecule has 0 atom stereocenters. The summed E-state index contributed by atoms with van der Waals surface area (Å²) in [4.78, 5) is 12.3. The van der Waals surface area contributed by atoms with Crippen molar-refractivity contribution in [2.24, 2.45) is 0 Å². The first-order valence-corrected chi connectivity index (χ1v) is 11.4. The van der Waals surface area contributed by atoms with E-state index in [1.165, 1.54) is 11.4 Å². The molecule has 9 heteroatoms. The van der Waals surface area contributed by atoms with E-state index in [0.29, 0.717) is 22.1 Å². The van der Waals surface area contributed by atoms with Gasteiger partial charge in [-0.25, -0.2) is 8.42 Å². The summed E-state index contributed by atoms with van der Waals surface area (Å²) >= 11 is 12.0. The number of amides is 1. The maximum Gasteiger partial charge on any atom is 0.264 e. The molecule has 0 spiro atoms. The van der Waals surface area contributed by atoms with Gasteiger partial charge in [0.2, 0.25) is 0 Å². The molecule has 3 rings (SSSR count). The van der Waals surface area contributed by atoms with E-state index in [9.17, 15) is 13.2 Å². The number of hydrogen-bond acceptors (Lipinski definition) is 4. The highest BCUT2D eigenvalue weighted by molar-refractivity contribution is 7.92. The van der Waals surface area contributed by atoms with Crippen LogP contribution in [0.5, 0.6) is 5.75 Å². The number of anilines is 2. The summed E-state index contributed by atoms with van der Waals surface area (Å²) in [5, 5.41) is 3.21. The Morgan fingerprint density at radius 2 is 1.65 bits per heavy atom. The fraction of sp³-hybridized carbons (Fsp3) is 0.136. The molecular weight excluding hydrogens is 459 g/mol. The number of benzene rings is 3. The third-order valence-corrected chi connectivity index (χ3v) is 7.09. The minimum absolute atomic E-state index is 0.206. The van der Waals surface area contributed by atoms with Gasteiger partial charge in [0.25, 0.3) is 15.9 Å². The maximum absolute atomic E-state index is 12.8. The van der Waals surface area contributed by atoms with Crippen LogP contribution >= 0.6 is 23.2 Å². The van der Waals surface area contributed by atoms with E-state index in [4.69, 9.17) is 27.9 Å². The predicted octanol–water partition coefficient (Wildman–Crippen LogP) is 5.14. The van der Waals surface area contributed by atoms with Gasteiger partial charge in [-0.3, -0.25) is 9.10 Å². The SMILES string of the molecule is Cc1ccc(S(=O)(=O)N(C)c2ccc(OCC(=O)Nc3cccc(Cl)c3Cl)cc2)cc1. The summed E-state index contributed by atoms with van der Waals surface area (Å²) in [7, 11) is -2.21. The van der Waals surface area contributed by atoms with Crippen LogP contribution in [0.25, 0.3) is 0 Å². The zero-order chi connectivity index (χ0) is 22.6. The van der Waals surface area contributed by atoms with Crippen molar-refractivity contribution in [3.05, 3.63) is 82.3 Å². The second-order valence-electron chi connectivity index (χ2n) is 6.72. The molecule has 0 radical (unpaired) electrons. The van der Waals surface area contributed by atoms with Crippen LogP contribution in [0.2, 0.25) is 10.0 Å². The molecule has 3 aromatic rings. The van der Waals surface area contributed by atoms with Gasteiger partial charge in [0, 0.05) is 7.05 Å². The van der Waals surface area contributed by atoms with Gasteiger partial charge in [0.05, 0.1) is 26.3 Å². The number of hydrogen-bond donors (Lipinski definition) is 1. The van der Waals surface area contributed by atoms with Gasteiger partial charge in [-0.2, -0.15) is 0 Å². The Balaban J connectivity index is 1.62. The molecule has 0 fully saturated rings. The van der Waals surface area contributed by atoms with Crippen LogP contribution < -0.4 is 14.4 Å². The summed E-state index contributed by atoms with van der Waals surface area (Å²) in [6, 6.07) is 18.0. The van der Waals surface area contributed by atoms with Gasteiger partial charge >= 0.3 is 0 Å². The molecule has 0 saturated carbocycles. The molecule has 0 aromatic heterocycles. The molecule has 1 amide bonds. The van der Waals surface area contributed by atoms with Crippen molar-refractivity contribution in [1.82, 2.24) is 0 Å². The summed E-state index contributed by atoms with van der Waals surface area (Å²) in [5.41, 5.74) is 1.83. The van der Waals surface area contributed by atoms with Gasteiger partial charge in [-0.15, -0.1) is 0 Å². The number of aryl methyl sites for hydroxylation is 1. The van der Waals surface area contributed by atoms with E-state index in [-0.39, 0.29) is 16.5 Å². The average molecular weight is 479 g/mol. The molecule has 0 heterocycles. The number of carbonyl (C=O) groups is 1. The molecule has 0 aliphatic carbocycles. The standard InChI is InChI=1S/C22H20Cl2N2O4S/c1-15-6-12-18(13-7-15)31(28,29)26(2)16-8-10-17(11-9-16)30-14-21(27)25-20-5-3-4-19(23)22(20)24/h3-13H,14H2,1-2H3,(H,25,27). The Morgan fingerprint density at radius 1 is 1.00 bits per heavy atom. The number of ether oxygens (including phenoxy) is 1. The summed E-state index contributed by atoms with van der Waals surface area (Å²) in [6.45, 7) is 1.64. The molecule has 0 bridgehead atoms. The average Bonchev–Trinajstić information content (AvgIpc) is 2.75. The lowest BCUT2D eigenvalue weighted by Gasteiger charge is -2.20. The van der Waals surface area contributed by atoms with Crippen LogP contribution in [0.15, 0.2) is 71.6 Å². The van der Waals surface area contributed by atoms with Crippen molar-refractivity contribution < 1.29 is 17.9 Å². The van der Waals surface area contributed by atoms with Crippen LogP contribution in [-0.2, 0) is 14.8 Å². The molecular formula is C22H20Cl2N2O4S. The molecule has 0 aliphatic heterocycles. The Labute approximate surface area is 191 Å². The van der Waals surface area contributed by atoms with Crippen LogP contribution in [0.4, 0.5) is 11.4 Å². The van der Waals surface area contributed by atoms with Crippen LogP contribution in [0.3, 0.4) is 0 Å². The number of carbonyl (C=O) groups excluding carboxylic acids is 1. The topological polar surface area (TPSA) is 75.7 Å². The first-order chi connectivity index (χ1) is 14.7. The van der Waals surface area contributed by atoms with Gasteiger partial charge in [-0.1, -0.05) is 47.0 Å². The van der Waals surface area contributed by atoms with Gasteiger partial charge in [0.1, 0.15) is 5.75 Å². The smallest absolute Gasteiger partial charge is 0.264 e. The van der Waals surface area contributed by atoms with Crippen molar-refractivity contribution in [2.45, 2.75) is 11.8 Å². The van der Waals surface area contributed by atoms with Crippen LogP contribution in [0.1, 0.15) is 5.56 Å². The highest BCUT2D eigenvalue weighted by Crippen LogP contribution is 2.29. The third-order valence-electron chi connectivity index (χ3n) is 4.48. The van der Waals surface area contributed by atoms with Gasteiger partial charge in [0.15, 0.2) is 6.61 Å². The van der Waals surface area contributed by atoms with Crippen molar-refractivity contribution in [3.63, 3.8) is 0 Å². The minimum atomic E-state index is -3.68. The predicted molar refractivity (Wildman–Crippen MR) is 124 cm³/mol. The lowest BCUT2D eigenvalue weighted by molar-refractivity contribution is -0.118. The lowest BCUT2D eigenvalue weighted by Crippen LogP contribution is -2.26. The highest BCUT2D eigenvalue weighted by atomic mass is 35.5. The monoisotopic (exact) mass is 478 g/mol. The summed E-state index contributed by atoms with van der Waals surface area (Å²) in [5.74, 6) is 0.00420. The van der Waals surface area contributed by atoms with Crippen molar-refractivity contribution >= 4 is 50.5 Å². The van der Waals surface area contributed by atoms with E-state index in [1.54, 1.807) is 66.7 Å². The number of halogens is 2. The largest absolute Gasteiger partial charge is 0.484 e. The summed E-state index contributed by atoms with van der Waals surface area (Å²) in [6.07, 6.45) is 0. The van der Waals surface area contributed by atoms with E-state index in [1.807, 2.05) is 6.92 Å². The molecule has 3 aromatic carbocycles. The zero-order valence-corrected chi connectivity index (χ0v) is 19.1.